The van der Waals surface area contributed by atoms with Crippen LogP contribution >= 0.6 is 0 Å². The number of para-hydroxylation sites is 1. The van der Waals surface area contributed by atoms with Crippen LogP contribution < -0.4 is 10.6 Å². The van der Waals surface area contributed by atoms with Gasteiger partial charge < -0.3 is 10.6 Å². The lowest BCUT2D eigenvalue weighted by atomic mass is 10.0. The minimum absolute atomic E-state index is 0.0216. The van der Waals surface area contributed by atoms with Gasteiger partial charge >= 0.3 is 0 Å². The second-order valence-corrected chi connectivity index (χ2v) is 5.87. The lowest BCUT2D eigenvalue weighted by Gasteiger charge is -2.22. The van der Waals surface area contributed by atoms with E-state index in [1.807, 2.05) is 69.3 Å². The molecule has 0 radical (unpaired) electrons. The Kier molecular flexibility index (Phi) is 5.52. The highest BCUT2D eigenvalue weighted by Crippen LogP contribution is 2.12. The van der Waals surface area contributed by atoms with Crippen molar-refractivity contribution < 1.29 is 9.59 Å². The standard InChI is InChI=1S/C19H22N2O2/c1-13(2)17(19(23)20-15-10-5-4-6-11-15)21-18(22)16-12-8-7-9-14(16)3/h4-13,17H,1-3H3,(H,20,23)(H,21,22)/t17-/m0/s1. The van der Waals surface area contributed by atoms with Gasteiger partial charge in [-0.3, -0.25) is 9.59 Å². The Hall–Kier alpha value is -2.62. The lowest BCUT2D eigenvalue weighted by molar-refractivity contribution is -0.118. The first-order valence-corrected chi connectivity index (χ1v) is 7.71. The summed E-state index contributed by atoms with van der Waals surface area (Å²) < 4.78 is 0. The SMILES string of the molecule is Cc1ccccc1C(=O)N[C@H](C(=O)Nc1ccccc1)C(C)C. The zero-order chi connectivity index (χ0) is 16.8. The number of benzene rings is 2. The number of carbonyl (C=O) groups excluding carboxylic acids is 2. The molecule has 0 saturated carbocycles. The van der Waals surface area contributed by atoms with Crippen LogP contribution in [0.2, 0.25) is 0 Å². The molecule has 4 nitrogen and oxygen atoms in total. The van der Waals surface area contributed by atoms with E-state index in [1.54, 1.807) is 6.07 Å². The minimum Gasteiger partial charge on any atom is -0.340 e. The van der Waals surface area contributed by atoms with E-state index >= 15 is 0 Å². The Morgan fingerprint density at radius 1 is 0.913 bits per heavy atom. The van der Waals surface area contributed by atoms with Gasteiger partial charge in [-0.2, -0.15) is 0 Å². The van der Waals surface area contributed by atoms with Gasteiger partial charge in [0.25, 0.3) is 5.91 Å². The van der Waals surface area contributed by atoms with Gasteiger partial charge in [-0.25, -0.2) is 0 Å². The summed E-state index contributed by atoms with van der Waals surface area (Å²) in [7, 11) is 0. The molecule has 2 amide bonds. The predicted octanol–water partition coefficient (Wildman–Crippen LogP) is 3.39. The molecular formula is C19H22N2O2. The van der Waals surface area contributed by atoms with Crippen molar-refractivity contribution in [1.82, 2.24) is 5.32 Å². The molecule has 0 fully saturated rings. The number of amides is 2. The average molecular weight is 310 g/mol. The first-order chi connectivity index (χ1) is 11.0. The normalized spacial score (nSPS) is 11.8. The predicted molar refractivity (Wildman–Crippen MR) is 92.3 cm³/mol. The molecule has 0 aliphatic rings. The van der Waals surface area contributed by atoms with E-state index in [0.717, 1.165) is 5.56 Å². The highest BCUT2D eigenvalue weighted by atomic mass is 16.2. The van der Waals surface area contributed by atoms with Gasteiger partial charge in [0.1, 0.15) is 6.04 Å². The molecule has 0 aliphatic carbocycles. The molecule has 0 aliphatic heterocycles. The second-order valence-electron chi connectivity index (χ2n) is 5.87. The van der Waals surface area contributed by atoms with Gasteiger partial charge in [0.05, 0.1) is 0 Å². The smallest absolute Gasteiger partial charge is 0.252 e. The Balaban J connectivity index is 2.11. The lowest BCUT2D eigenvalue weighted by Crippen LogP contribution is -2.47. The fourth-order valence-corrected chi connectivity index (χ4v) is 2.32. The molecule has 0 spiro atoms. The first-order valence-electron chi connectivity index (χ1n) is 7.71. The molecule has 0 bridgehead atoms. The van der Waals surface area contributed by atoms with Gasteiger partial charge in [-0.05, 0) is 36.6 Å². The molecule has 120 valence electrons. The summed E-state index contributed by atoms with van der Waals surface area (Å²) in [4.78, 5) is 24.9. The fourth-order valence-electron chi connectivity index (χ4n) is 2.32. The maximum atomic E-state index is 12.5. The van der Waals surface area contributed by atoms with Gasteiger partial charge in [0.15, 0.2) is 0 Å². The number of anilines is 1. The fraction of sp³-hybridized carbons (Fsp3) is 0.263. The van der Waals surface area contributed by atoms with Crippen molar-refractivity contribution >= 4 is 17.5 Å². The van der Waals surface area contributed by atoms with Crippen molar-refractivity contribution in [1.29, 1.82) is 0 Å². The monoisotopic (exact) mass is 310 g/mol. The van der Waals surface area contributed by atoms with Crippen molar-refractivity contribution in [2.24, 2.45) is 5.92 Å². The van der Waals surface area contributed by atoms with Crippen molar-refractivity contribution in [2.75, 3.05) is 5.32 Å². The third-order valence-corrected chi connectivity index (χ3v) is 3.67. The van der Waals surface area contributed by atoms with Crippen LogP contribution in [0, 0.1) is 12.8 Å². The maximum Gasteiger partial charge on any atom is 0.252 e. The summed E-state index contributed by atoms with van der Waals surface area (Å²) in [6.07, 6.45) is 0. The summed E-state index contributed by atoms with van der Waals surface area (Å²) >= 11 is 0. The number of aryl methyl sites for hydroxylation is 1. The Labute approximate surface area is 136 Å². The Bertz CT molecular complexity index is 681. The van der Waals surface area contributed by atoms with Crippen molar-refractivity contribution in [2.45, 2.75) is 26.8 Å². The van der Waals surface area contributed by atoms with Crippen molar-refractivity contribution in [3.8, 4) is 0 Å². The molecule has 4 heteroatoms. The second kappa shape index (κ2) is 7.58. The molecular weight excluding hydrogens is 288 g/mol. The topological polar surface area (TPSA) is 58.2 Å². The van der Waals surface area contributed by atoms with Crippen LogP contribution in [-0.4, -0.2) is 17.9 Å². The van der Waals surface area contributed by atoms with Gasteiger partial charge in [0.2, 0.25) is 5.91 Å². The third-order valence-electron chi connectivity index (χ3n) is 3.67. The summed E-state index contributed by atoms with van der Waals surface area (Å²) in [6, 6.07) is 16.0. The molecule has 0 aromatic heterocycles. The van der Waals surface area contributed by atoms with E-state index in [0.29, 0.717) is 11.3 Å². The van der Waals surface area contributed by atoms with Crippen LogP contribution in [-0.2, 0) is 4.79 Å². The third kappa shape index (κ3) is 4.42. The quantitative estimate of drug-likeness (QED) is 0.889. The summed E-state index contributed by atoms with van der Waals surface area (Å²) in [5.41, 5.74) is 2.19. The minimum atomic E-state index is -0.595. The van der Waals surface area contributed by atoms with Crippen LogP contribution in [0.5, 0.6) is 0 Å². The summed E-state index contributed by atoms with van der Waals surface area (Å²) in [5, 5.41) is 5.68. The van der Waals surface area contributed by atoms with E-state index in [1.165, 1.54) is 0 Å². The summed E-state index contributed by atoms with van der Waals surface area (Å²) in [6.45, 7) is 5.70. The largest absolute Gasteiger partial charge is 0.340 e. The van der Waals surface area contributed by atoms with E-state index in [-0.39, 0.29) is 17.7 Å². The maximum absolute atomic E-state index is 12.5. The summed E-state index contributed by atoms with van der Waals surface area (Å²) in [5.74, 6) is -0.468. The number of carbonyl (C=O) groups is 2. The van der Waals surface area contributed by atoms with E-state index < -0.39 is 6.04 Å². The highest BCUT2D eigenvalue weighted by Gasteiger charge is 2.25. The van der Waals surface area contributed by atoms with Crippen LogP contribution in [0.4, 0.5) is 5.69 Å². The molecule has 23 heavy (non-hydrogen) atoms. The molecule has 2 aromatic carbocycles. The zero-order valence-electron chi connectivity index (χ0n) is 13.7. The molecule has 2 rings (SSSR count). The molecule has 0 saturated heterocycles. The van der Waals surface area contributed by atoms with Crippen molar-refractivity contribution in [3.63, 3.8) is 0 Å². The zero-order valence-corrected chi connectivity index (χ0v) is 13.7. The van der Waals surface area contributed by atoms with Gasteiger partial charge in [-0.1, -0.05) is 50.2 Å². The molecule has 2 N–H and O–H groups in total. The molecule has 0 heterocycles. The first kappa shape index (κ1) is 16.7. The molecule has 1 atom stereocenters. The van der Waals surface area contributed by atoms with E-state index in [2.05, 4.69) is 10.6 Å². The number of hydrogen-bond acceptors (Lipinski definition) is 2. The number of rotatable bonds is 5. The highest BCUT2D eigenvalue weighted by molar-refractivity contribution is 6.01. The van der Waals surface area contributed by atoms with Crippen LogP contribution in [0.3, 0.4) is 0 Å². The van der Waals surface area contributed by atoms with Crippen LogP contribution in [0.15, 0.2) is 54.6 Å². The Morgan fingerprint density at radius 2 is 1.52 bits per heavy atom. The van der Waals surface area contributed by atoms with E-state index in [9.17, 15) is 9.59 Å². The number of nitrogens with one attached hydrogen (secondary N) is 2. The van der Waals surface area contributed by atoms with Crippen LogP contribution in [0.1, 0.15) is 29.8 Å². The van der Waals surface area contributed by atoms with E-state index in [4.69, 9.17) is 0 Å². The molecule has 0 unspecified atom stereocenters. The molecule has 2 aromatic rings. The van der Waals surface area contributed by atoms with Gasteiger partial charge in [0, 0.05) is 11.3 Å². The number of hydrogen-bond donors (Lipinski definition) is 2. The average Bonchev–Trinajstić information content (AvgIpc) is 2.53. The van der Waals surface area contributed by atoms with Crippen molar-refractivity contribution in [3.05, 3.63) is 65.7 Å². The van der Waals surface area contributed by atoms with Gasteiger partial charge in [-0.15, -0.1) is 0 Å². The Morgan fingerprint density at radius 3 is 2.13 bits per heavy atom. The van der Waals surface area contributed by atoms with Crippen LogP contribution in [0.25, 0.3) is 0 Å².